The van der Waals surface area contributed by atoms with Crippen LogP contribution in [0.2, 0.25) is 0 Å². The van der Waals surface area contributed by atoms with Gasteiger partial charge in [-0.3, -0.25) is 4.79 Å². The average Bonchev–Trinajstić information content (AvgIpc) is 2.93. The van der Waals surface area contributed by atoms with Crippen LogP contribution in [-0.4, -0.2) is 29.1 Å². The van der Waals surface area contributed by atoms with Gasteiger partial charge >= 0.3 is 0 Å². The van der Waals surface area contributed by atoms with Crippen LogP contribution < -0.4 is 5.32 Å². The molecular weight excluding hydrogens is 315 g/mol. The van der Waals surface area contributed by atoms with Gasteiger partial charge in [-0.2, -0.15) is 0 Å². The largest absolute Gasteiger partial charge is 0.396 e. The Balaban J connectivity index is 1.92. The first-order valence-corrected chi connectivity index (χ1v) is 8.56. The van der Waals surface area contributed by atoms with Gasteiger partial charge in [-0.05, 0) is 44.0 Å². The highest BCUT2D eigenvalue weighted by molar-refractivity contribution is 7.17. The van der Waals surface area contributed by atoms with Gasteiger partial charge in [0.2, 0.25) is 0 Å². The molecule has 0 bridgehead atoms. The maximum absolute atomic E-state index is 13.0. The molecule has 1 aromatic carbocycles. The summed E-state index contributed by atoms with van der Waals surface area (Å²) >= 11 is 1.32. The van der Waals surface area contributed by atoms with Crippen molar-refractivity contribution in [2.75, 3.05) is 13.2 Å². The normalized spacial score (nSPS) is 10.7. The fraction of sp³-hybridized carbons (Fsp3) is 0.412. The number of halogens is 1. The van der Waals surface area contributed by atoms with Crippen molar-refractivity contribution in [3.05, 3.63) is 40.7 Å². The molecule has 0 atom stereocenters. The third-order valence-corrected chi connectivity index (χ3v) is 4.67. The van der Waals surface area contributed by atoms with Crippen molar-refractivity contribution in [1.82, 2.24) is 10.3 Å². The molecule has 2 N–H and O–H groups in total. The van der Waals surface area contributed by atoms with Crippen LogP contribution in [0.1, 0.15) is 41.0 Å². The van der Waals surface area contributed by atoms with Gasteiger partial charge in [0.25, 0.3) is 5.91 Å². The van der Waals surface area contributed by atoms with Crippen LogP contribution >= 0.6 is 11.3 Å². The molecular formula is C17H21FN2O2S. The Hall–Kier alpha value is -1.79. The number of aromatic nitrogens is 1. The van der Waals surface area contributed by atoms with Gasteiger partial charge in [0, 0.05) is 18.7 Å². The lowest BCUT2D eigenvalue weighted by atomic mass is 10.2. The number of thiazole rings is 1. The van der Waals surface area contributed by atoms with E-state index in [0.717, 1.165) is 36.3 Å². The molecule has 0 spiro atoms. The first-order chi connectivity index (χ1) is 11.1. The van der Waals surface area contributed by atoms with Gasteiger partial charge < -0.3 is 10.4 Å². The number of unbranched alkanes of at least 4 members (excludes halogenated alkanes) is 3. The van der Waals surface area contributed by atoms with E-state index in [1.54, 1.807) is 19.1 Å². The van der Waals surface area contributed by atoms with E-state index in [1.807, 2.05) is 0 Å². The first kappa shape index (κ1) is 17.6. The summed E-state index contributed by atoms with van der Waals surface area (Å²) in [6.45, 7) is 2.64. The maximum Gasteiger partial charge on any atom is 0.263 e. The summed E-state index contributed by atoms with van der Waals surface area (Å²) in [4.78, 5) is 17.2. The predicted octanol–water partition coefficient (Wildman–Crippen LogP) is 3.54. The SMILES string of the molecule is Cc1nc(-c2ccc(F)cc2)sc1C(=O)NCCCCCCO. The van der Waals surface area contributed by atoms with Crippen LogP contribution in [0.5, 0.6) is 0 Å². The Morgan fingerprint density at radius 3 is 2.61 bits per heavy atom. The Kier molecular flexibility index (Phi) is 6.67. The highest BCUT2D eigenvalue weighted by Gasteiger charge is 2.15. The lowest BCUT2D eigenvalue weighted by molar-refractivity contribution is 0.0956. The minimum Gasteiger partial charge on any atom is -0.396 e. The molecule has 6 heteroatoms. The number of benzene rings is 1. The fourth-order valence-electron chi connectivity index (χ4n) is 2.20. The lowest BCUT2D eigenvalue weighted by Gasteiger charge is -2.03. The molecule has 0 aliphatic heterocycles. The van der Waals surface area contributed by atoms with Crippen molar-refractivity contribution in [1.29, 1.82) is 0 Å². The summed E-state index contributed by atoms with van der Waals surface area (Å²) in [6.07, 6.45) is 3.67. The number of nitrogens with zero attached hydrogens (tertiary/aromatic N) is 1. The van der Waals surface area contributed by atoms with Crippen LogP contribution in [0, 0.1) is 12.7 Å². The first-order valence-electron chi connectivity index (χ1n) is 7.74. The molecule has 0 fully saturated rings. The van der Waals surface area contributed by atoms with Crippen molar-refractivity contribution < 1.29 is 14.3 Å². The van der Waals surface area contributed by atoms with Crippen LogP contribution in [0.4, 0.5) is 4.39 Å². The number of carbonyl (C=O) groups is 1. The van der Waals surface area contributed by atoms with Crippen LogP contribution in [0.3, 0.4) is 0 Å². The molecule has 1 aromatic heterocycles. The molecule has 0 unspecified atom stereocenters. The van der Waals surface area contributed by atoms with Gasteiger partial charge in [-0.1, -0.05) is 12.8 Å². The Morgan fingerprint density at radius 2 is 1.91 bits per heavy atom. The topological polar surface area (TPSA) is 62.2 Å². The average molecular weight is 336 g/mol. The van der Waals surface area contributed by atoms with E-state index >= 15 is 0 Å². The van der Waals surface area contributed by atoms with Crippen molar-refractivity contribution >= 4 is 17.2 Å². The second-order valence-electron chi connectivity index (χ2n) is 5.33. The molecule has 0 aliphatic rings. The van der Waals surface area contributed by atoms with E-state index in [-0.39, 0.29) is 18.3 Å². The van der Waals surface area contributed by atoms with Gasteiger partial charge in [0.1, 0.15) is 15.7 Å². The Labute approximate surface area is 139 Å². The number of hydrogen-bond acceptors (Lipinski definition) is 4. The number of nitrogens with one attached hydrogen (secondary N) is 1. The molecule has 1 heterocycles. The summed E-state index contributed by atoms with van der Waals surface area (Å²) < 4.78 is 13.0. The second kappa shape index (κ2) is 8.74. The van der Waals surface area contributed by atoms with Crippen molar-refractivity contribution in [2.45, 2.75) is 32.6 Å². The van der Waals surface area contributed by atoms with Gasteiger partial charge in [0.05, 0.1) is 5.69 Å². The molecule has 4 nitrogen and oxygen atoms in total. The zero-order valence-corrected chi connectivity index (χ0v) is 14.0. The molecule has 2 rings (SSSR count). The molecule has 0 radical (unpaired) electrons. The minimum absolute atomic E-state index is 0.115. The molecule has 2 aromatic rings. The lowest BCUT2D eigenvalue weighted by Crippen LogP contribution is -2.24. The number of carbonyl (C=O) groups excluding carboxylic acids is 1. The molecule has 0 saturated carbocycles. The monoisotopic (exact) mass is 336 g/mol. The highest BCUT2D eigenvalue weighted by Crippen LogP contribution is 2.28. The third kappa shape index (κ3) is 5.11. The van der Waals surface area contributed by atoms with Gasteiger partial charge in [0.15, 0.2) is 0 Å². The second-order valence-corrected chi connectivity index (χ2v) is 6.33. The molecule has 1 amide bonds. The minimum atomic E-state index is -0.291. The van der Waals surface area contributed by atoms with E-state index in [2.05, 4.69) is 10.3 Å². The number of aliphatic hydroxyl groups is 1. The van der Waals surface area contributed by atoms with E-state index in [0.29, 0.717) is 17.1 Å². The zero-order chi connectivity index (χ0) is 16.7. The highest BCUT2D eigenvalue weighted by atomic mass is 32.1. The number of amides is 1. The molecule has 124 valence electrons. The van der Waals surface area contributed by atoms with Crippen LogP contribution in [-0.2, 0) is 0 Å². The van der Waals surface area contributed by atoms with E-state index in [4.69, 9.17) is 5.11 Å². The standard InChI is InChI=1S/C17H21FN2O2S/c1-12-15(16(22)19-10-4-2-3-5-11-21)23-17(20-12)13-6-8-14(18)9-7-13/h6-9,21H,2-5,10-11H2,1H3,(H,19,22). The molecule has 0 saturated heterocycles. The Bertz CT molecular complexity index is 641. The third-order valence-electron chi connectivity index (χ3n) is 3.46. The summed E-state index contributed by atoms with van der Waals surface area (Å²) in [7, 11) is 0. The number of aliphatic hydroxyl groups excluding tert-OH is 1. The van der Waals surface area contributed by atoms with Gasteiger partial charge in [-0.15, -0.1) is 11.3 Å². The summed E-state index contributed by atoms with van der Waals surface area (Å²) in [6, 6.07) is 6.10. The van der Waals surface area contributed by atoms with E-state index in [9.17, 15) is 9.18 Å². The van der Waals surface area contributed by atoms with Crippen LogP contribution in [0.25, 0.3) is 10.6 Å². The van der Waals surface area contributed by atoms with Crippen molar-refractivity contribution in [3.63, 3.8) is 0 Å². The summed E-state index contributed by atoms with van der Waals surface area (Å²) in [5, 5.41) is 12.3. The quantitative estimate of drug-likeness (QED) is 0.725. The molecule has 23 heavy (non-hydrogen) atoms. The van der Waals surface area contributed by atoms with Crippen molar-refractivity contribution in [3.8, 4) is 10.6 Å². The van der Waals surface area contributed by atoms with Gasteiger partial charge in [-0.25, -0.2) is 9.37 Å². The number of aryl methyl sites for hydroxylation is 1. The fourth-order valence-corrected chi connectivity index (χ4v) is 3.18. The van der Waals surface area contributed by atoms with Crippen molar-refractivity contribution in [2.24, 2.45) is 0 Å². The summed E-state index contributed by atoms with van der Waals surface area (Å²) in [5.74, 6) is -0.406. The maximum atomic E-state index is 13.0. The number of hydrogen-bond donors (Lipinski definition) is 2. The smallest absolute Gasteiger partial charge is 0.263 e. The van der Waals surface area contributed by atoms with E-state index < -0.39 is 0 Å². The molecule has 0 aliphatic carbocycles. The zero-order valence-electron chi connectivity index (χ0n) is 13.1. The number of rotatable bonds is 8. The summed E-state index contributed by atoms with van der Waals surface area (Å²) in [5.41, 5.74) is 1.50. The van der Waals surface area contributed by atoms with Crippen LogP contribution in [0.15, 0.2) is 24.3 Å². The van der Waals surface area contributed by atoms with E-state index in [1.165, 1.54) is 23.5 Å². The Morgan fingerprint density at radius 1 is 1.22 bits per heavy atom. The predicted molar refractivity (Wildman–Crippen MR) is 90.1 cm³/mol.